The molecule has 2 rings (SSSR count). The maximum Gasteiger partial charge on any atom is 0.317 e. The number of hydrogen-bond acceptors (Lipinski definition) is 4. The van der Waals surface area contributed by atoms with Gasteiger partial charge in [-0.2, -0.15) is 5.10 Å². The van der Waals surface area contributed by atoms with Crippen LogP contribution in [0.2, 0.25) is 0 Å². The summed E-state index contributed by atoms with van der Waals surface area (Å²) in [6.45, 7) is 4.38. The van der Waals surface area contributed by atoms with Crippen molar-refractivity contribution in [1.29, 1.82) is 0 Å². The van der Waals surface area contributed by atoms with Crippen molar-refractivity contribution in [2.75, 3.05) is 25.0 Å². The van der Waals surface area contributed by atoms with Crippen LogP contribution in [-0.4, -0.2) is 51.3 Å². The average molecular weight is 294 g/mol. The number of amides is 1. The highest BCUT2D eigenvalue weighted by Gasteiger charge is 2.26. The van der Waals surface area contributed by atoms with Gasteiger partial charge in [-0.25, -0.2) is 0 Å². The molecule has 0 spiro atoms. The van der Waals surface area contributed by atoms with Crippen molar-refractivity contribution in [2.45, 2.75) is 26.7 Å². The van der Waals surface area contributed by atoms with Gasteiger partial charge in [-0.1, -0.05) is 0 Å². The van der Waals surface area contributed by atoms with E-state index >= 15 is 0 Å². The number of nitrogens with zero attached hydrogens (tertiary/aromatic N) is 3. The van der Waals surface area contributed by atoms with Gasteiger partial charge in [0.1, 0.15) is 0 Å². The van der Waals surface area contributed by atoms with Gasteiger partial charge in [0.25, 0.3) is 0 Å². The van der Waals surface area contributed by atoms with E-state index in [1.165, 1.54) is 0 Å². The summed E-state index contributed by atoms with van der Waals surface area (Å²) in [7, 11) is 1.82. The zero-order valence-electron chi connectivity index (χ0n) is 12.7. The first-order chi connectivity index (χ1) is 9.86. The summed E-state index contributed by atoms with van der Waals surface area (Å²) in [6.07, 6.45) is 2.25. The molecule has 1 fully saturated rings. The summed E-state index contributed by atoms with van der Waals surface area (Å²) in [4.78, 5) is 24.7. The second-order valence-electron chi connectivity index (χ2n) is 5.72. The molecule has 0 atom stereocenters. The smallest absolute Gasteiger partial charge is 0.317 e. The average Bonchev–Trinajstić information content (AvgIpc) is 3.13. The van der Waals surface area contributed by atoms with Gasteiger partial charge in [0.2, 0.25) is 5.91 Å². The lowest BCUT2D eigenvalue weighted by Gasteiger charge is -2.19. The first-order valence-corrected chi connectivity index (χ1v) is 7.11. The predicted octanol–water partition coefficient (Wildman–Crippen LogP) is 0.772. The van der Waals surface area contributed by atoms with Crippen LogP contribution < -0.4 is 5.32 Å². The number of rotatable bonds is 7. The van der Waals surface area contributed by atoms with Crippen LogP contribution in [0.4, 0.5) is 5.69 Å². The fraction of sp³-hybridized carbons (Fsp3) is 0.643. The molecule has 1 aromatic rings. The van der Waals surface area contributed by atoms with Crippen molar-refractivity contribution in [2.24, 2.45) is 13.0 Å². The maximum absolute atomic E-state index is 12.1. The van der Waals surface area contributed by atoms with Crippen LogP contribution in [0.15, 0.2) is 0 Å². The van der Waals surface area contributed by atoms with Crippen LogP contribution in [0.5, 0.6) is 0 Å². The molecule has 1 aliphatic rings. The second-order valence-corrected chi connectivity index (χ2v) is 5.72. The number of carbonyl (C=O) groups is 2. The van der Waals surface area contributed by atoms with Crippen LogP contribution >= 0.6 is 0 Å². The summed E-state index contributed by atoms with van der Waals surface area (Å²) in [5, 5.41) is 16.0. The van der Waals surface area contributed by atoms with Gasteiger partial charge in [0.05, 0.1) is 30.2 Å². The van der Waals surface area contributed by atoms with Gasteiger partial charge in [0, 0.05) is 13.6 Å². The molecular formula is C14H22N4O3. The SMILES string of the molecule is Cc1nn(C)c(C)c1NC(=O)CN(CC(=O)O)CC1CC1. The summed E-state index contributed by atoms with van der Waals surface area (Å²) >= 11 is 0. The Bertz CT molecular complexity index is 549. The highest BCUT2D eigenvalue weighted by Crippen LogP contribution is 2.29. The van der Waals surface area contributed by atoms with Gasteiger partial charge in [-0.3, -0.25) is 19.2 Å². The third-order valence-electron chi connectivity index (χ3n) is 3.71. The fourth-order valence-electron chi connectivity index (χ4n) is 2.38. The van der Waals surface area contributed by atoms with E-state index in [1.54, 1.807) is 9.58 Å². The first-order valence-electron chi connectivity index (χ1n) is 7.11. The van der Waals surface area contributed by atoms with Crippen molar-refractivity contribution < 1.29 is 14.7 Å². The van der Waals surface area contributed by atoms with Gasteiger partial charge >= 0.3 is 5.97 Å². The number of aliphatic carboxylic acids is 1. The lowest BCUT2D eigenvalue weighted by atomic mass is 10.3. The molecular weight excluding hydrogens is 272 g/mol. The van der Waals surface area contributed by atoms with Gasteiger partial charge in [-0.05, 0) is 32.6 Å². The number of aromatic nitrogens is 2. The molecule has 0 bridgehead atoms. The molecule has 1 heterocycles. The molecule has 1 aromatic heterocycles. The lowest BCUT2D eigenvalue weighted by molar-refractivity contribution is -0.138. The molecule has 116 valence electrons. The minimum absolute atomic E-state index is 0.0938. The standard InChI is InChI=1S/C14H22N4O3/c1-9-14(10(2)17(3)16-9)15-12(19)7-18(8-13(20)21)6-11-4-5-11/h11H,4-8H2,1-3H3,(H,15,19)(H,20,21). The maximum atomic E-state index is 12.1. The number of carboxylic acids is 1. The molecule has 1 saturated carbocycles. The Morgan fingerprint density at radius 2 is 2.05 bits per heavy atom. The van der Waals surface area contributed by atoms with E-state index in [1.807, 2.05) is 20.9 Å². The minimum atomic E-state index is -0.905. The zero-order chi connectivity index (χ0) is 15.6. The number of carboxylic acid groups (broad SMARTS) is 1. The third kappa shape index (κ3) is 4.29. The number of carbonyl (C=O) groups excluding carboxylic acids is 1. The van der Waals surface area contributed by atoms with Gasteiger partial charge in [-0.15, -0.1) is 0 Å². The van der Waals surface area contributed by atoms with Crippen molar-refractivity contribution >= 4 is 17.6 Å². The summed E-state index contributed by atoms with van der Waals surface area (Å²) in [5.41, 5.74) is 2.35. The Hall–Kier alpha value is -1.89. The van der Waals surface area contributed by atoms with E-state index in [0.717, 1.165) is 24.2 Å². The third-order valence-corrected chi connectivity index (χ3v) is 3.71. The van der Waals surface area contributed by atoms with Crippen LogP contribution in [0.1, 0.15) is 24.2 Å². The van der Waals surface area contributed by atoms with Crippen molar-refractivity contribution in [3.63, 3.8) is 0 Å². The van der Waals surface area contributed by atoms with E-state index in [2.05, 4.69) is 10.4 Å². The monoisotopic (exact) mass is 294 g/mol. The minimum Gasteiger partial charge on any atom is -0.480 e. The predicted molar refractivity (Wildman–Crippen MR) is 78.1 cm³/mol. The van der Waals surface area contributed by atoms with Gasteiger partial charge in [0.15, 0.2) is 0 Å². The molecule has 0 radical (unpaired) electrons. The van der Waals surface area contributed by atoms with E-state index in [4.69, 9.17) is 5.11 Å². The normalized spacial score (nSPS) is 14.5. The van der Waals surface area contributed by atoms with Crippen LogP contribution in [0.25, 0.3) is 0 Å². The molecule has 0 aromatic carbocycles. The van der Waals surface area contributed by atoms with Gasteiger partial charge < -0.3 is 10.4 Å². The Morgan fingerprint density at radius 1 is 1.38 bits per heavy atom. The second kappa shape index (κ2) is 6.26. The molecule has 21 heavy (non-hydrogen) atoms. The van der Waals surface area contributed by atoms with Crippen molar-refractivity contribution in [1.82, 2.24) is 14.7 Å². The van der Waals surface area contributed by atoms with E-state index in [-0.39, 0.29) is 19.0 Å². The highest BCUT2D eigenvalue weighted by molar-refractivity contribution is 5.93. The summed E-state index contributed by atoms with van der Waals surface area (Å²) in [6, 6.07) is 0. The number of hydrogen-bond donors (Lipinski definition) is 2. The Morgan fingerprint density at radius 3 is 2.52 bits per heavy atom. The molecule has 7 nitrogen and oxygen atoms in total. The Kier molecular flexibility index (Phi) is 4.62. The first kappa shape index (κ1) is 15.5. The number of anilines is 1. The van der Waals surface area contributed by atoms with E-state index in [9.17, 15) is 9.59 Å². The van der Waals surface area contributed by atoms with Crippen molar-refractivity contribution in [3.8, 4) is 0 Å². The largest absolute Gasteiger partial charge is 0.480 e. The quantitative estimate of drug-likeness (QED) is 0.775. The zero-order valence-corrected chi connectivity index (χ0v) is 12.7. The fourth-order valence-corrected chi connectivity index (χ4v) is 2.38. The molecule has 7 heteroatoms. The Balaban J connectivity index is 1.96. The van der Waals surface area contributed by atoms with Crippen LogP contribution in [0, 0.1) is 19.8 Å². The molecule has 0 unspecified atom stereocenters. The number of aryl methyl sites for hydroxylation is 2. The molecule has 0 saturated heterocycles. The highest BCUT2D eigenvalue weighted by atomic mass is 16.4. The number of nitrogens with one attached hydrogen (secondary N) is 1. The molecule has 0 aliphatic heterocycles. The molecule has 2 N–H and O–H groups in total. The topological polar surface area (TPSA) is 87.5 Å². The van der Waals surface area contributed by atoms with E-state index < -0.39 is 5.97 Å². The summed E-state index contributed by atoms with van der Waals surface area (Å²) in [5.74, 6) is -0.563. The van der Waals surface area contributed by atoms with E-state index in [0.29, 0.717) is 18.2 Å². The van der Waals surface area contributed by atoms with Crippen molar-refractivity contribution in [3.05, 3.63) is 11.4 Å². The summed E-state index contributed by atoms with van der Waals surface area (Å²) < 4.78 is 1.71. The van der Waals surface area contributed by atoms with Crippen LogP contribution in [0.3, 0.4) is 0 Å². The molecule has 1 aliphatic carbocycles. The Labute approximate surface area is 123 Å². The molecule has 1 amide bonds. The van der Waals surface area contributed by atoms with Crippen LogP contribution in [-0.2, 0) is 16.6 Å². The lowest BCUT2D eigenvalue weighted by Crippen LogP contribution is -2.38.